The highest BCUT2D eigenvalue weighted by atomic mass is 32.1. The van der Waals surface area contributed by atoms with E-state index in [9.17, 15) is 9.59 Å². The zero-order valence-corrected chi connectivity index (χ0v) is 16.7. The Morgan fingerprint density at radius 1 is 1.23 bits per heavy atom. The highest BCUT2D eigenvalue weighted by Gasteiger charge is 2.18. The maximum atomic E-state index is 12.8. The number of rotatable bonds is 5. The molecule has 30 heavy (non-hydrogen) atoms. The van der Waals surface area contributed by atoms with Gasteiger partial charge in [-0.25, -0.2) is 9.78 Å². The monoisotopic (exact) mass is 417 g/mol. The fourth-order valence-electron chi connectivity index (χ4n) is 2.91. The first kappa shape index (κ1) is 19.4. The summed E-state index contributed by atoms with van der Waals surface area (Å²) in [7, 11) is 0. The fourth-order valence-corrected chi connectivity index (χ4v) is 3.66. The summed E-state index contributed by atoms with van der Waals surface area (Å²) in [5, 5.41) is 14.3. The minimum absolute atomic E-state index is 0.284. The molecule has 0 spiro atoms. The van der Waals surface area contributed by atoms with Crippen molar-refractivity contribution in [2.24, 2.45) is 0 Å². The number of nitriles is 1. The molecule has 7 nitrogen and oxygen atoms in total. The molecule has 0 aliphatic carbocycles. The van der Waals surface area contributed by atoms with Crippen LogP contribution in [0.25, 0.3) is 22.4 Å². The second kappa shape index (κ2) is 8.19. The minimum Gasteiger partial charge on any atom is -0.460 e. The van der Waals surface area contributed by atoms with Gasteiger partial charge in [0.05, 0.1) is 16.6 Å². The number of furan rings is 1. The Morgan fingerprint density at radius 3 is 2.83 bits per heavy atom. The summed E-state index contributed by atoms with van der Waals surface area (Å²) < 4.78 is 10.9. The number of nitrogens with one attached hydrogen (secondary N) is 1. The molecule has 0 atom stereocenters. The van der Waals surface area contributed by atoms with E-state index in [0.29, 0.717) is 32.9 Å². The average molecular weight is 417 g/mol. The van der Waals surface area contributed by atoms with E-state index in [1.807, 2.05) is 25.1 Å². The van der Waals surface area contributed by atoms with E-state index < -0.39 is 18.5 Å². The molecule has 0 saturated carbocycles. The first-order chi connectivity index (χ1) is 14.5. The molecule has 8 heteroatoms. The maximum absolute atomic E-state index is 12.8. The fraction of sp³-hybridized carbons (Fsp3) is 0.0909. The predicted octanol–water partition coefficient (Wildman–Crippen LogP) is 4.53. The van der Waals surface area contributed by atoms with E-state index in [-0.39, 0.29) is 5.56 Å². The van der Waals surface area contributed by atoms with E-state index in [4.69, 9.17) is 14.4 Å². The zero-order valence-electron chi connectivity index (χ0n) is 15.8. The Kier molecular flexibility index (Phi) is 5.28. The number of fused-ring (bicyclic) bond motifs is 1. The molecule has 3 heterocycles. The Bertz CT molecular complexity index is 1300. The molecule has 148 valence electrons. The largest absolute Gasteiger partial charge is 0.460 e. The van der Waals surface area contributed by atoms with Crippen LogP contribution in [0.1, 0.15) is 21.7 Å². The van der Waals surface area contributed by atoms with Gasteiger partial charge in [0.2, 0.25) is 0 Å². The molecule has 0 radical (unpaired) electrons. The van der Waals surface area contributed by atoms with Gasteiger partial charge in [-0.2, -0.15) is 5.26 Å². The molecule has 1 N–H and O–H groups in total. The van der Waals surface area contributed by atoms with Crippen LogP contribution in [-0.4, -0.2) is 23.5 Å². The predicted molar refractivity (Wildman–Crippen MR) is 112 cm³/mol. The smallest absolute Gasteiger partial charge is 0.339 e. The molecule has 1 amide bonds. The lowest BCUT2D eigenvalue weighted by atomic mass is 10.1. The Labute approximate surface area is 175 Å². The van der Waals surface area contributed by atoms with Gasteiger partial charge in [-0.3, -0.25) is 4.79 Å². The normalized spacial score (nSPS) is 10.5. The minimum atomic E-state index is -0.653. The van der Waals surface area contributed by atoms with Crippen molar-refractivity contribution in [1.29, 1.82) is 5.26 Å². The van der Waals surface area contributed by atoms with Crippen molar-refractivity contribution < 1.29 is 18.7 Å². The molecule has 3 aromatic heterocycles. The van der Waals surface area contributed by atoms with Crippen molar-refractivity contribution >= 4 is 39.1 Å². The molecule has 1 aromatic carbocycles. The third-order valence-corrected chi connectivity index (χ3v) is 5.13. The van der Waals surface area contributed by atoms with Crippen LogP contribution in [0.2, 0.25) is 0 Å². The number of thiophene rings is 1. The lowest BCUT2D eigenvalue weighted by Crippen LogP contribution is -2.21. The van der Waals surface area contributed by atoms with Gasteiger partial charge in [0.15, 0.2) is 12.4 Å². The molecule has 0 aliphatic rings. The van der Waals surface area contributed by atoms with Crippen LogP contribution >= 0.6 is 11.3 Å². The molecular weight excluding hydrogens is 402 g/mol. The number of hydrogen-bond donors (Lipinski definition) is 1. The molecule has 0 saturated heterocycles. The van der Waals surface area contributed by atoms with Gasteiger partial charge in [0.1, 0.15) is 22.5 Å². The average Bonchev–Trinajstić information content (AvgIpc) is 3.39. The van der Waals surface area contributed by atoms with E-state index in [2.05, 4.69) is 10.3 Å². The highest BCUT2D eigenvalue weighted by Crippen LogP contribution is 2.27. The van der Waals surface area contributed by atoms with Crippen LogP contribution in [0.15, 0.2) is 58.3 Å². The van der Waals surface area contributed by atoms with Crippen LogP contribution in [0.3, 0.4) is 0 Å². The first-order valence-electron chi connectivity index (χ1n) is 8.96. The Balaban J connectivity index is 1.56. The number of ether oxygens (including phenoxy) is 1. The van der Waals surface area contributed by atoms with E-state index in [1.54, 1.807) is 41.8 Å². The Morgan fingerprint density at radius 2 is 2.07 bits per heavy atom. The van der Waals surface area contributed by atoms with Crippen LogP contribution in [0, 0.1) is 18.3 Å². The zero-order chi connectivity index (χ0) is 21.1. The number of esters is 1. The Hall–Kier alpha value is -3.96. The summed E-state index contributed by atoms with van der Waals surface area (Å²) in [6.07, 6.45) is 0. The highest BCUT2D eigenvalue weighted by molar-refractivity contribution is 7.14. The SMILES string of the molecule is Cc1ccc(-c2cc(C(=O)OCC(=O)Nc3sccc3C#N)c3ccccc3n2)o1. The number of pyridine rings is 1. The van der Waals surface area contributed by atoms with Gasteiger partial charge in [-0.1, -0.05) is 18.2 Å². The van der Waals surface area contributed by atoms with Gasteiger partial charge in [-0.05, 0) is 42.6 Å². The number of hydrogen-bond acceptors (Lipinski definition) is 7. The number of amides is 1. The summed E-state index contributed by atoms with van der Waals surface area (Å²) in [4.78, 5) is 29.5. The van der Waals surface area contributed by atoms with Crippen LogP contribution in [0.5, 0.6) is 0 Å². The number of para-hydroxylation sites is 1. The molecule has 0 bridgehead atoms. The number of anilines is 1. The van der Waals surface area contributed by atoms with Crippen molar-refractivity contribution in [2.45, 2.75) is 6.92 Å². The number of carbonyl (C=O) groups is 2. The van der Waals surface area contributed by atoms with Crippen molar-refractivity contribution in [2.75, 3.05) is 11.9 Å². The van der Waals surface area contributed by atoms with Crippen molar-refractivity contribution in [3.05, 3.63) is 70.8 Å². The molecule has 4 aromatic rings. The second-order valence-corrected chi connectivity index (χ2v) is 7.30. The summed E-state index contributed by atoms with van der Waals surface area (Å²) in [5.74, 6) is 0.0837. The quantitative estimate of drug-likeness (QED) is 0.478. The van der Waals surface area contributed by atoms with Gasteiger partial charge in [0, 0.05) is 5.39 Å². The van der Waals surface area contributed by atoms with Gasteiger partial charge >= 0.3 is 5.97 Å². The third kappa shape index (κ3) is 3.92. The van der Waals surface area contributed by atoms with Crippen LogP contribution in [-0.2, 0) is 9.53 Å². The first-order valence-corrected chi connectivity index (χ1v) is 9.84. The number of nitrogens with zero attached hydrogens (tertiary/aromatic N) is 2. The number of aromatic nitrogens is 1. The lowest BCUT2D eigenvalue weighted by Gasteiger charge is -2.09. The second-order valence-electron chi connectivity index (χ2n) is 6.38. The van der Waals surface area contributed by atoms with Gasteiger partial charge in [0.25, 0.3) is 5.91 Å². The van der Waals surface area contributed by atoms with Crippen molar-refractivity contribution in [1.82, 2.24) is 4.98 Å². The topological polar surface area (TPSA) is 105 Å². The maximum Gasteiger partial charge on any atom is 0.339 e. The molecule has 4 rings (SSSR count). The van der Waals surface area contributed by atoms with Gasteiger partial charge in [-0.15, -0.1) is 11.3 Å². The van der Waals surface area contributed by atoms with Crippen LogP contribution in [0.4, 0.5) is 5.00 Å². The molecule has 0 unspecified atom stereocenters. The summed E-state index contributed by atoms with van der Waals surface area (Å²) in [6.45, 7) is 1.34. The summed E-state index contributed by atoms with van der Waals surface area (Å²) in [6, 6.07) is 16.0. The summed E-state index contributed by atoms with van der Waals surface area (Å²) in [5.41, 5.74) is 1.75. The number of aryl methyl sites for hydroxylation is 1. The van der Waals surface area contributed by atoms with Gasteiger partial charge < -0.3 is 14.5 Å². The third-order valence-electron chi connectivity index (χ3n) is 4.30. The van der Waals surface area contributed by atoms with E-state index in [1.165, 1.54) is 11.3 Å². The molecular formula is C22H15N3O4S. The number of carbonyl (C=O) groups excluding carboxylic acids is 2. The lowest BCUT2D eigenvalue weighted by molar-refractivity contribution is -0.119. The van der Waals surface area contributed by atoms with Crippen molar-refractivity contribution in [3.8, 4) is 17.5 Å². The molecule has 0 aliphatic heterocycles. The standard InChI is InChI=1S/C22H15N3O4S/c1-13-6-7-19(29-13)18-10-16(15-4-2-3-5-17(15)24-18)22(27)28-12-20(26)25-21-14(11-23)8-9-30-21/h2-10H,12H2,1H3,(H,25,26). The van der Waals surface area contributed by atoms with Crippen molar-refractivity contribution in [3.63, 3.8) is 0 Å². The molecule has 0 fully saturated rings. The number of benzene rings is 1. The van der Waals surface area contributed by atoms with E-state index >= 15 is 0 Å². The summed E-state index contributed by atoms with van der Waals surface area (Å²) >= 11 is 1.22. The van der Waals surface area contributed by atoms with E-state index in [0.717, 1.165) is 5.76 Å². The van der Waals surface area contributed by atoms with Crippen LogP contribution < -0.4 is 5.32 Å².